The summed E-state index contributed by atoms with van der Waals surface area (Å²) in [6.07, 6.45) is 7.95. The van der Waals surface area contributed by atoms with E-state index in [1.807, 2.05) is 47.1 Å². The Morgan fingerprint density at radius 1 is 1.00 bits per heavy atom. The summed E-state index contributed by atoms with van der Waals surface area (Å²) in [4.78, 5) is 16.8. The topological polar surface area (TPSA) is 124 Å². The third-order valence-electron chi connectivity index (χ3n) is 8.73. The summed E-state index contributed by atoms with van der Waals surface area (Å²) in [5.74, 6) is 0.751. The molecular weight excluding hydrogens is 608 g/mol. The van der Waals surface area contributed by atoms with E-state index < -0.39 is 0 Å². The van der Waals surface area contributed by atoms with E-state index in [4.69, 9.17) is 34.2 Å². The Kier molecular flexibility index (Phi) is 9.09. The number of nitrogens with zero attached hydrogens (tertiary/aromatic N) is 3. The molecule has 2 N–H and O–H groups in total. The number of hydrogen-bond donors (Lipinski definition) is 1. The van der Waals surface area contributed by atoms with Crippen LogP contribution in [-0.4, -0.2) is 41.1 Å². The van der Waals surface area contributed by atoms with E-state index in [0.717, 1.165) is 80.0 Å². The number of nitrogens with two attached hydrogens (primary N) is 1. The Morgan fingerprint density at radius 2 is 1.92 bits per heavy atom. The Hall–Kier alpha value is -5.19. The number of nitrogen functional groups attached to an aromatic ring is 1. The summed E-state index contributed by atoms with van der Waals surface area (Å²) in [7, 11) is 1.64. The molecule has 0 radical (unpaired) electrons. The molecule has 0 amide bonds. The molecule has 10 nitrogen and oxygen atoms in total. The van der Waals surface area contributed by atoms with Crippen molar-refractivity contribution >= 4 is 33.5 Å². The number of carbonyl (C=O) groups excluding carboxylic acids is 1. The fourth-order valence-electron chi connectivity index (χ4n) is 6.52. The lowest BCUT2D eigenvalue weighted by Crippen LogP contribution is -2.19. The van der Waals surface area contributed by atoms with Gasteiger partial charge in [-0.2, -0.15) is 5.10 Å². The van der Waals surface area contributed by atoms with Crippen molar-refractivity contribution in [1.29, 1.82) is 0 Å². The maximum Gasteiger partial charge on any atom is 0.310 e. The first-order valence-corrected chi connectivity index (χ1v) is 16.3. The van der Waals surface area contributed by atoms with Crippen molar-refractivity contribution in [2.45, 2.75) is 52.0 Å². The Balaban J connectivity index is 1.38. The zero-order chi connectivity index (χ0) is 33.0. The standard InChI is InChI=1S/C38H38N4O6/c1-3-46-36(43)20-27-17-24(21-44-2)10-11-34(27)48-23-33-32-19-26(28-7-6-8-30-29(28)12-14-40-38(30)39)18-31(25-13-16-45-22-25)37(32)42(41-33)35-9-4-5-15-47-35/h6-8,10-14,16-19,22,35H,3-5,9,15,20-21,23H2,1-2H3,(H2,39,40). The minimum atomic E-state index is -0.318. The highest BCUT2D eigenvalue weighted by Crippen LogP contribution is 2.41. The van der Waals surface area contributed by atoms with Crippen LogP contribution in [-0.2, 0) is 38.6 Å². The van der Waals surface area contributed by atoms with Gasteiger partial charge in [-0.25, -0.2) is 9.67 Å². The van der Waals surface area contributed by atoms with Crippen molar-refractivity contribution in [3.63, 3.8) is 0 Å². The molecule has 3 aromatic carbocycles. The average Bonchev–Trinajstić information content (AvgIpc) is 3.77. The maximum absolute atomic E-state index is 12.5. The van der Waals surface area contributed by atoms with Crippen LogP contribution in [0.1, 0.15) is 49.2 Å². The van der Waals surface area contributed by atoms with Gasteiger partial charge in [-0.15, -0.1) is 0 Å². The number of rotatable bonds is 11. The zero-order valence-electron chi connectivity index (χ0n) is 27.1. The summed E-state index contributed by atoms with van der Waals surface area (Å²) in [5, 5.41) is 7.99. The van der Waals surface area contributed by atoms with Gasteiger partial charge in [0.15, 0.2) is 6.23 Å². The van der Waals surface area contributed by atoms with Crippen molar-refractivity contribution in [1.82, 2.24) is 14.8 Å². The van der Waals surface area contributed by atoms with Crippen LogP contribution in [0, 0.1) is 0 Å². The number of furan rings is 1. The molecule has 1 atom stereocenters. The Bertz CT molecular complexity index is 2060. The van der Waals surface area contributed by atoms with Crippen LogP contribution >= 0.6 is 0 Å². The minimum Gasteiger partial charge on any atom is -0.487 e. The van der Waals surface area contributed by atoms with E-state index in [0.29, 0.717) is 31.4 Å². The molecular formula is C38H38N4O6. The van der Waals surface area contributed by atoms with Gasteiger partial charge in [0.25, 0.3) is 0 Å². The lowest BCUT2D eigenvalue weighted by Gasteiger charge is -2.24. The maximum atomic E-state index is 12.5. The van der Waals surface area contributed by atoms with Gasteiger partial charge < -0.3 is 29.1 Å². The van der Waals surface area contributed by atoms with Crippen LogP contribution in [0.3, 0.4) is 0 Å². The van der Waals surface area contributed by atoms with Gasteiger partial charge in [0.1, 0.15) is 23.9 Å². The molecule has 1 aliphatic heterocycles. The van der Waals surface area contributed by atoms with E-state index in [1.54, 1.807) is 32.8 Å². The van der Waals surface area contributed by atoms with Gasteiger partial charge in [0.2, 0.25) is 0 Å². The van der Waals surface area contributed by atoms with Gasteiger partial charge in [-0.1, -0.05) is 24.3 Å². The molecule has 7 rings (SSSR count). The monoisotopic (exact) mass is 646 g/mol. The highest BCUT2D eigenvalue weighted by Gasteiger charge is 2.26. The smallest absolute Gasteiger partial charge is 0.310 e. The van der Waals surface area contributed by atoms with Gasteiger partial charge >= 0.3 is 5.97 Å². The van der Waals surface area contributed by atoms with Crippen LogP contribution < -0.4 is 10.5 Å². The summed E-state index contributed by atoms with van der Waals surface area (Å²) >= 11 is 0. The highest BCUT2D eigenvalue weighted by molar-refractivity contribution is 6.05. The Labute approximate surface area is 278 Å². The number of hydrogen-bond acceptors (Lipinski definition) is 9. The van der Waals surface area contributed by atoms with Crippen LogP contribution in [0.4, 0.5) is 5.82 Å². The summed E-state index contributed by atoms with van der Waals surface area (Å²) in [5.41, 5.74) is 13.5. The molecule has 0 bridgehead atoms. The van der Waals surface area contributed by atoms with Crippen LogP contribution in [0.25, 0.3) is 43.9 Å². The van der Waals surface area contributed by atoms with E-state index in [1.165, 1.54) is 0 Å². The van der Waals surface area contributed by atoms with Crippen molar-refractivity contribution in [2.24, 2.45) is 0 Å². The van der Waals surface area contributed by atoms with Crippen molar-refractivity contribution in [2.75, 3.05) is 26.1 Å². The van der Waals surface area contributed by atoms with Gasteiger partial charge in [0, 0.05) is 47.4 Å². The number of aromatic nitrogens is 3. The number of ether oxygens (including phenoxy) is 4. The van der Waals surface area contributed by atoms with E-state index in [9.17, 15) is 4.79 Å². The first kappa shape index (κ1) is 31.4. The molecule has 0 aliphatic carbocycles. The molecule has 0 spiro atoms. The number of methoxy groups -OCH3 is 1. The third kappa shape index (κ3) is 6.24. The second-order valence-corrected chi connectivity index (χ2v) is 11.9. The second kappa shape index (κ2) is 13.9. The van der Waals surface area contributed by atoms with Crippen LogP contribution in [0.5, 0.6) is 5.75 Å². The first-order valence-electron chi connectivity index (χ1n) is 16.3. The number of benzene rings is 3. The number of anilines is 1. The van der Waals surface area contributed by atoms with Crippen LogP contribution in [0.15, 0.2) is 83.8 Å². The molecule has 1 fully saturated rings. The Morgan fingerprint density at radius 3 is 2.71 bits per heavy atom. The number of carbonyl (C=O) groups is 1. The molecule has 6 aromatic rings. The molecule has 4 heterocycles. The quantitative estimate of drug-likeness (QED) is 0.142. The zero-order valence-corrected chi connectivity index (χ0v) is 27.1. The molecule has 1 aliphatic rings. The summed E-state index contributed by atoms with van der Waals surface area (Å²) in [6, 6.07) is 20.1. The molecule has 1 saturated heterocycles. The number of pyridine rings is 1. The third-order valence-corrected chi connectivity index (χ3v) is 8.73. The molecule has 3 aromatic heterocycles. The lowest BCUT2D eigenvalue weighted by atomic mass is 9.93. The lowest BCUT2D eigenvalue weighted by molar-refractivity contribution is -0.142. The normalized spacial score (nSPS) is 14.8. The number of fused-ring (bicyclic) bond motifs is 2. The van der Waals surface area contributed by atoms with Gasteiger partial charge in [0.05, 0.1) is 37.7 Å². The number of esters is 1. The van der Waals surface area contributed by atoms with E-state index in [-0.39, 0.29) is 25.2 Å². The average molecular weight is 647 g/mol. The summed E-state index contributed by atoms with van der Waals surface area (Å²) in [6.45, 7) is 3.36. The molecule has 246 valence electrons. The predicted molar refractivity (Wildman–Crippen MR) is 183 cm³/mol. The summed E-state index contributed by atoms with van der Waals surface area (Å²) < 4.78 is 31.0. The fraction of sp³-hybridized carbons (Fsp3) is 0.289. The second-order valence-electron chi connectivity index (χ2n) is 11.9. The fourth-order valence-corrected chi connectivity index (χ4v) is 6.52. The van der Waals surface area contributed by atoms with Crippen molar-refractivity contribution < 1.29 is 28.2 Å². The van der Waals surface area contributed by atoms with Gasteiger partial charge in [-0.05, 0) is 84.7 Å². The SMILES string of the molecule is CCOC(=O)Cc1cc(COC)ccc1OCc1nn(C2CCCCO2)c2c(-c3ccoc3)cc(-c3cccc4c(N)nccc34)cc12. The van der Waals surface area contributed by atoms with E-state index in [2.05, 4.69) is 23.2 Å². The van der Waals surface area contributed by atoms with Crippen molar-refractivity contribution in [3.8, 4) is 28.0 Å². The molecule has 1 unspecified atom stereocenters. The highest BCUT2D eigenvalue weighted by atomic mass is 16.5. The predicted octanol–water partition coefficient (Wildman–Crippen LogP) is 7.62. The minimum absolute atomic E-state index is 0.0830. The molecule has 10 heteroatoms. The van der Waals surface area contributed by atoms with Gasteiger partial charge in [-0.3, -0.25) is 4.79 Å². The van der Waals surface area contributed by atoms with Crippen LogP contribution in [0.2, 0.25) is 0 Å². The van der Waals surface area contributed by atoms with Crippen molar-refractivity contribution in [3.05, 3.63) is 96.2 Å². The molecule has 48 heavy (non-hydrogen) atoms. The largest absolute Gasteiger partial charge is 0.487 e. The van der Waals surface area contributed by atoms with E-state index >= 15 is 0 Å². The molecule has 0 saturated carbocycles. The first-order chi connectivity index (χ1) is 23.5.